The van der Waals surface area contributed by atoms with Crippen LogP contribution in [0.3, 0.4) is 0 Å². The van der Waals surface area contributed by atoms with E-state index in [1.807, 2.05) is 12.1 Å². The van der Waals surface area contributed by atoms with Gasteiger partial charge in [-0.3, -0.25) is 0 Å². The Balaban J connectivity index is 1.98. The van der Waals surface area contributed by atoms with Crippen LogP contribution in [-0.4, -0.2) is 0 Å². The lowest BCUT2D eigenvalue weighted by Crippen LogP contribution is -2.32. The van der Waals surface area contributed by atoms with Crippen LogP contribution in [0.15, 0.2) is 24.3 Å². The van der Waals surface area contributed by atoms with Crippen molar-refractivity contribution in [2.75, 3.05) is 0 Å². The van der Waals surface area contributed by atoms with Gasteiger partial charge >= 0.3 is 0 Å². The Kier molecular flexibility index (Phi) is 5.24. The minimum Gasteiger partial charge on any atom is -0.192 e. The Morgan fingerprint density at radius 2 is 1.65 bits per heavy atom. The molecule has 1 aromatic carbocycles. The number of nitriles is 1. The zero-order valence-corrected chi connectivity index (χ0v) is 13.1. The van der Waals surface area contributed by atoms with Gasteiger partial charge in [-0.2, -0.15) is 5.26 Å². The van der Waals surface area contributed by atoms with Gasteiger partial charge in [0.2, 0.25) is 0 Å². The van der Waals surface area contributed by atoms with Crippen LogP contribution >= 0.6 is 0 Å². The van der Waals surface area contributed by atoms with E-state index < -0.39 is 0 Å². The fourth-order valence-electron chi connectivity index (χ4n) is 4.08. The summed E-state index contributed by atoms with van der Waals surface area (Å²) in [7, 11) is 0. The van der Waals surface area contributed by atoms with Gasteiger partial charge in [0.1, 0.15) is 0 Å². The average Bonchev–Trinajstić information content (AvgIpc) is 2.48. The predicted octanol–water partition coefficient (Wildman–Crippen LogP) is 5.20. The van der Waals surface area contributed by atoms with E-state index in [0.717, 1.165) is 35.7 Å². The lowest BCUT2D eigenvalue weighted by Gasteiger charge is -2.40. The normalized spacial score (nSPS) is 29.9. The fraction of sp³-hybridized carbons (Fsp3) is 0.632. The maximum absolute atomic E-state index is 8.84. The summed E-state index contributed by atoms with van der Waals surface area (Å²) in [5.74, 6) is 3.54. The van der Waals surface area contributed by atoms with Crippen molar-refractivity contribution in [1.29, 1.82) is 5.26 Å². The van der Waals surface area contributed by atoms with E-state index >= 15 is 0 Å². The maximum Gasteiger partial charge on any atom is 0.0991 e. The van der Waals surface area contributed by atoms with Crippen molar-refractivity contribution in [2.24, 2.45) is 23.7 Å². The average molecular weight is 269 g/mol. The number of nitrogens with zero attached hydrogens (tertiary/aromatic N) is 1. The van der Waals surface area contributed by atoms with E-state index in [9.17, 15) is 0 Å². The quantitative estimate of drug-likeness (QED) is 0.737. The van der Waals surface area contributed by atoms with E-state index in [1.165, 1.54) is 31.2 Å². The molecule has 0 aromatic heterocycles. The zero-order chi connectivity index (χ0) is 14.5. The van der Waals surface area contributed by atoms with E-state index in [2.05, 4.69) is 39.0 Å². The Labute approximate surface area is 124 Å². The first-order chi connectivity index (χ1) is 9.65. The maximum atomic E-state index is 8.84. The van der Waals surface area contributed by atoms with Gasteiger partial charge in [0, 0.05) is 0 Å². The summed E-state index contributed by atoms with van der Waals surface area (Å²) in [5.41, 5.74) is 2.14. The van der Waals surface area contributed by atoms with E-state index in [0.29, 0.717) is 0 Å². The van der Waals surface area contributed by atoms with Gasteiger partial charge in [0.25, 0.3) is 0 Å². The van der Waals surface area contributed by atoms with Gasteiger partial charge in [-0.1, -0.05) is 52.2 Å². The molecule has 1 aliphatic rings. The Hall–Kier alpha value is -1.29. The van der Waals surface area contributed by atoms with Crippen LogP contribution in [-0.2, 0) is 6.42 Å². The summed E-state index contributed by atoms with van der Waals surface area (Å²) < 4.78 is 0. The van der Waals surface area contributed by atoms with Crippen LogP contribution in [0.4, 0.5) is 0 Å². The molecule has 0 aliphatic heterocycles. The first kappa shape index (κ1) is 15.1. The molecule has 1 heteroatoms. The number of aryl methyl sites for hydroxylation is 1. The summed E-state index contributed by atoms with van der Waals surface area (Å²) in [6.45, 7) is 7.24. The van der Waals surface area contributed by atoms with Crippen LogP contribution in [0, 0.1) is 35.0 Å². The third-order valence-corrected chi connectivity index (χ3v) is 5.41. The Bertz CT molecular complexity index is 454. The van der Waals surface area contributed by atoms with E-state index in [-0.39, 0.29) is 0 Å². The Morgan fingerprint density at radius 3 is 2.20 bits per heavy atom. The van der Waals surface area contributed by atoms with Crippen molar-refractivity contribution in [2.45, 2.75) is 52.9 Å². The van der Waals surface area contributed by atoms with Gasteiger partial charge in [-0.05, 0) is 54.2 Å². The van der Waals surface area contributed by atoms with Crippen LogP contribution in [0.1, 0.15) is 57.6 Å². The first-order valence-electron chi connectivity index (χ1n) is 8.14. The molecule has 1 nitrogen and oxygen atoms in total. The van der Waals surface area contributed by atoms with Crippen molar-refractivity contribution < 1.29 is 0 Å². The van der Waals surface area contributed by atoms with Crippen molar-refractivity contribution in [3.63, 3.8) is 0 Å². The molecular formula is C19H27N. The molecule has 1 saturated carbocycles. The largest absolute Gasteiger partial charge is 0.192 e. The SMILES string of the molecule is CCC1C(C)CCC(C)C1CCc1ccc(C#N)cc1. The number of hydrogen-bond donors (Lipinski definition) is 0. The molecule has 2 rings (SSSR count). The highest BCUT2D eigenvalue weighted by Crippen LogP contribution is 2.42. The molecule has 1 aliphatic carbocycles. The first-order valence-corrected chi connectivity index (χ1v) is 8.14. The smallest absolute Gasteiger partial charge is 0.0991 e. The predicted molar refractivity (Wildman–Crippen MR) is 84.3 cm³/mol. The number of hydrogen-bond acceptors (Lipinski definition) is 1. The minimum absolute atomic E-state index is 0.764. The molecule has 0 N–H and O–H groups in total. The molecule has 108 valence electrons. The number of rotatable bonds is 4. The van der Waals surface area contributed by atoms with Crippen LogP contribution in [0.5, 0.6) is 0 Å². The van der Waals surface area contributed by atoms with Crippen LogP contribution in [0.25, 0.3) is 0 Å². The van der Waals surface area contributed by atoms with Crippen LogP contribution in [0.2, 0.25) is 0 Å². The van der Waals surface area contributed by atoms with Crippen LogP contribution < -0.4 is 0 Å². The highest BCUT2D eigenvalue weighted by atomic mass is 14.4. The molecule has 0 spiro atoms. The topological polar surface area (TPSA) is 23.8 Å². The minimum atomic E-state index is 0.764. The summed E-state index contributed by atoms with van der Waals surface area (Å²) in [6, 6.07) is 10.3. The van der Waals surface area contributed by atoms with E-state index in [4.69, 9.17) is 5.26 Å². The molecule has 20 heavy (non-hydrogen) atoms. The monoisotopic (exact) mass is 269 g/mol. The zero-order valence-electron chi connectivity index (χ0n) is 13.1. The molecule has 4 unspecified atom stereocenters. The summed E-state index contributed by atoms with van der Waals surface area (Å²) in [4.78, 5) is 0. The molecule has 0 heterocycles. The molecule has 0 saturated heterocycles. The lowest BCUT2D eigenvalue weighted by atomic mass is 9.65. The van der Waals surface area contributed by atoms with Gasteiger partial charge in [0.15, 0.2) is 0 Å². The summed E-state index contributed by atoms with van der Waals surface area (Å²) in [6.07, 6.45) is 6.59. The molecular weight excluding hydrogens is 242 g/mol. The second-order valence-electron chi connectivity index (χ2n) is 6.62. The summed E-state index contributed by atoms with van der Waals surface area (Å²) >= 11 is 0. The van der Waals surface area contributed by atoms with Crippen molar-refractivity contribution in [1.82, 2.24) is 0 Å². The van der Waals surface area contributed by atoms with Gasteiger partial charge < -0.3 is 0 Å². The summed E-state index contributed by atoms with van der Waals surface area (Å²) in [5, 5.41) is 8.84. The molecule has 0 radical (unpaired) electrons. The number of benzene rings is 1. The van der Waals surface area contributed by atoms with Crippen molar-refractivity contribution in [3.8, 4) is 6.07 Å². The molecule has 1 aromatic rings. The highest BCUT2D eigenvalue weighted by Gasteiger charge is 2.33. The van der Waals surface area contributed by atoms with Crippen molar-refractivity contribution >= 4 is 0 Å². The van der Waals surface area contributed by atoms with Gasteiger partial charge in [0.05, 0.1) is 11.6 Å². The highest BCUT2D eigenvalue weighted by molar-refractivity contribution is 5.31. The second-order valence-corrected chi connectivity index (χ2v) is 6.62. The van der Waals surface area contributed by atoms with E-state index in [1.54, 1.807) is 0 Å². The third-order valence-electron chi connectivity index (χ3n) is 5.41. The second kappa shape index (κ2) is 6.93. The van der Waals surface area contributed by atoms with Gasteiger partial charge in [-0.25, -0.2) is 0 Å². The standard InChI is InChI=1S/C19H27N/c1-4-18-14(2)5-6-15(3)19(18)12-11-16-7-9-17(13-20)10-8-16/h7-10,14-15,18-19H,4-6,11-12H2,1-3H3. The molecule has 4 atom stereocenters. The molecule has 0 amide bonds. The lowest BCUT2D eigenvalue weighted by molar-refractivity contribution is 0.0972. The van der Waals surface area contributed by atoms with Crippen molar-refractivity contribution in [3.05, 3.63) is 35.4 Å². The fourth-order valence-corrected chi connectivity index (χ4v) is 4.08. The molecule has 1 fully saturated rings. The molecule has 0 bridgehead atoms. The van der Waals surface area contributed by atoms with Gasteiger partial charge in [-0.15, -0.1) is 0 Å². The Morgan fingerprint density at radius 1 is 1.05 bits per heavy atom. The third kappa shape index (κ3) is 3.42.